The maximum atomic E-state index is 13.0. The van der Waals surface area contributed by atoms with Crippen LogP contribution in [0.25, 0.3) is 10.9 Å². The van der Waals surface area contributed by atoms with Gasteiger partial charge in [0.2, 0.25) is 0 Å². The van der Waals surface area contributed by atoms with Gasteiger partial charge in [0.05, 0.1) is 11.2 Å². The van der Waals surface area contributed by atoms with Crippen molar-refractivity contribution in [3.8, 4) is 0 Å². The highest BCUT2D eigenvalue weighted by atomic mass is 16.3. The molecular weight excluding hydrogens is 288 g/mol. The van der Waals surface area contributed by atoms with Crippen LogP contribution in [0.3, 0.4) is 0 Å². The number of hydrogen-bond donors (Lipinski definition) is 1. The number of hydrogen-bond acceptors (Lipinski definition) is 2. The van der Waals surface area contributed by atoms with Gasteiger partial charge in [0.25, 0.3) is 5.91 Å². The van der Waals surface area contributed by atoms with Gasteiger partial charge in [0.15, 0.2) is 0 Å². The van der Waals surface area contributed by atoms with Gasteiger partial charge in [-0.15, -0.1) is 0 Å². The smallest absolute Gasteiger partial charge is 0.256 e. The SMILES string of the molecule is Cn1cc(C(=O)N2CC[C@]3(O)CCCC[C@H]3C2)c2ccccc21. The quantitative estimate of drug-likeness (QED) is 0.880. The molecule has 1 aromatic carbocycles. The molecule has 0 radical (unpaired) electrons. The average Bonchev–Trinajstić information content (AvgIpc) is 2.91. The van der Waals surface area contributed by atoms with Gasteiger partial charge in [-0.2, -0.15) is 0 Å². The molecule has 4 rings (SSSR count). The number of nitrogens with zero attached hydrogens (tertiary/aromatic N) is 2. The van der Waals surface area contributed by atoms with Gasteiger partial charge in [-0.1, -0.05) is 31.0 Å². The number of amides is 1. The third-order valence-electron chi connectivity index (χ3n) is 5.84. The Morgan fingerprint density at radius 3 is 2.96 bits per heavy atom. The summed E-state index contributed by atoms with van der Waals surface area (Å²) in [4.78, 5) is 15.0. The van der Waals surface area contributed by atoms with Crippen molar-refractivity contribution in [2.24, 2.45) is 13.0 Å². The van der Waals surface area contributed by atoms with E-state index in [2.05, 4.69) is 0 Å². The summed E-state index contributed by atoms with van der Waals surface area (Å²) in [6.45, 7) is 1.35. The van der Waals surface area contributed by atoms with Crippen LogP contribution >= 0.6 is 0 Å². The minimum Gasteiger partial charge on any atom is -0.389 e. The van der Waals surface area contributed by atoms with Crippen LogP contribution < -0.4 is 0 Å². The number of carbonyl (C=O) groups excluding carboxylic acids is 1. The molecule has 2 aromatic rings. The van der Waals surface area contributed by atoms with Crippen molar-refractivity contribution in [3.63, 3.8) is 0 Å². The summed E-state index contributed by atoms with van der Waals surface area (Å²) in [5.74, 6) is 0.346. The van der Waals surface area contributed by atoms with Crippen molar-refractivity contribution in [1.82, 2.24) is 9.47 Å². The van der Waals surface area contributed by atoms with Crippen LogP contribution in [0.5, 0.6) is 0 Å². The minimum absolute atomic E-state index is 0.106. The van der Waals surface area contributed by atoms with Crippen LogP contribution in [0.4, 0.5) is 0 Å². The van der Waals surface area contributed by atoms with E-state index in [1.54, 1.807) is 0 Å². The van der Waals surface area contributed by atoms with Crippen LogP contribution in [0.1, 0.15) is 42.5 Å². The third kappa shape index (κ3) is 2.36. The fourth-order valence-corrected chi connectivity index (χ4v) is 4.44. The Bertz CT molecular complexity index is 751. The van der Waals surface area contributed by atoms with Crippen molar-refractivity contribution in [3.05, 3.63) is 36.0 Å². The zero-order valence-electron chi connectivity index (χ0n) is 13.7. The molecule has 1 aliphatic heterocycles. The first-order valence-corrected chi connectivity index (χ1v) is 8.64. The summed E-state index contributed by atoms with van der Waals surface area (Å²) < 4.78 is 2.02. The number of rotatable bonds is 1. The summed E-state index contributed by atoms with van der Waals surface area (Å²) in [5, 5.41) is 11.8. The molecule has 4 nitrogen and oxygen atoms in total. The highest BCUT2D eigenvalue weighted by Crippen LogP contribution is 2.40. The molecule has 0 spiro atoms. The first kappa shape index (κ1) is 14.8. The van der Waals surface area contributed by atoms with Crippen LogP contribution in [-0.4, -0.2) is 39.2 Å². The summed E-state index contributed by atoms with van der Waals surface area (Å²) >= 11 is 0. The zero-order chi connectivity index (χ0) is 16.0. The number of benzene rings is 1. The molecule has 122 valence electrons. The van der Waals surface area contributed by atoms with E-state index < -0.39 is 5.60 Å². The van der Waals surface area contributed by atoms with Crippen LogP contribution in [0, 0.1) is 5.92 Å². The Hall–Kier alpha value is -1.81. The van der Waals surface area contributed by atoms with Crippen molar-refractivity contribution in [2.45, 2.75) is 37.7 Å². The van der Waals surface area contributed by atoms with Gasteiger partial charge in [-0.05, 0) is 25.3 Å². The highest BCUT2D eigenvalue weighted by Gasteiger charge is 2.44. The number of aliphatic hydroxyl groups is 1. The fourth-order valence-electron chi connectivity index (χ4n) is 4.44. The molecule has 1 saturated carbocycles. The molecule has 0 unspecified atom stereocenters. The number of piperidine rings is 1. The molecule has 2 atom stereocenters. The highest BCUT2D eigenvalue weighted by molar-refractivity contribution is 6.07. The molecule has 2 aliphatic rings. The van der Waals surface area contributed by atoms with E-state index in [-0.39, 0.29) is 11.8 Å². The monoisotopic (exact) mass is 312 g/mol. The normalized spacial score (nSPS) is 27.9. The lowest BCUT2D eigenvalue weighted by molar-refractivity contribution is -0.0885. The largest absolute Gasteiger partial charge is 0.389 e. The van der Waals surface area contributed by atoms with E-state index in [1.807, 2.05) is 47.0 Å². The van der Waals surface area contributed by atoms with Gasteiger partial charge in [0, 0.05) is 43.2 Å². The standard InChI is InChI=1S/C19H24N2O2/c1-20-13-16(15-7-2-3-8-17(15)20)18(22)21-11-10-19(23)9-5-4-6-14(19)12-21/h2-3,7-8,13-14,23H,4-6,9-12H2,1H3/t14-,19+/m0/s1. The molecule has 1 aliphatic carbocycles. The molecule has 4 heteroatoms. The van der Waals surface area contributed by atoms with Gasteiger partial charge in [-0.25, -0.2) is 0 Å². The molecule has 1 N–H and O–H groups in total. The van der Waals surface area contributed by atoms with Crippen LogP contribution in [-0.2, 0) is 7.05 Å². The Morgan fingerprint density at radius 1 is 1.26 bits per heavy atom. The summed E-state index contributed by atoms with van der Waals surface area (Å²) in [6, 6.07) is 8.04. The van der Waals surface area contributed by atoms with E-state index in [1.165, 1.54) is 6.42 Å². The van der Waals surface area contributed by atoms with Gasteiger partial charge < -0.3 is 14.6 Å². The topological polar surface area (TPSA) is 45.5 Å². The van der Waals surface area contributed by atoms with E-state index >= 15 is 0 Å². The first-order chi connectivity index (χ1) is 11.1. The summed E-state index contributed by atoms with van der Waals surface area (Å²) in [5.41, 5.74) is 1.33. The van der Waals surface area contributed by atoms with E-state index in [9.17, 15) is 9.90 Å². The Labute approximate surface area is 136 Å². The maximum Gasteiger partial charge on any atom is 0.256 e. The molecular formula is C19H24N2O2. The number of para-hydroxylation sites is 1. The predicted octanol–water partition coefficient (Wildman–Crippen LogP) is 2.95. The second kappa shape index (κ2) is 5.38. The lowest BCUT2D eigenvalue weighted by Gasteiger charge is -2.47. The predicted molar refractivity (Wildman–Crippen MR) is 90.3 cm³/mol. The Morgan fingerprint density at radius 2 is 2.09 bits per heavy atom. The summed E-state index contributed by atoms with van der Waals surface area (Å²) in [7, 11) is 1.98. The Kier molecular flexibility index (Phi) is 3.45. The number of fused-ring (bicyclic) bond motifs is 2. The molecule has 1 amide bonds. The third-order valence-corrected chi connectivity index (χ3v) is 5.84. The first-order valence-electron chi connectivity index (χ1n) is 8.64. The number of likely N-dealkylation sites (tertiary alicyclic amines) is 1. The Balaban J connectivity index is 1.62. The van der Waals surface area contributed by atoms with Gasteiger partial charge >= 0.3 is 0 Å². The number of carbonyl (C=O) groups is 1. The molecule has 2 heterocycles. The van der Waals surface area contributed by atoms with Gasteiger partial charge in [-0.3, -0.25) is 4.79 Å². The van der Waals surface area contributed by atoms with E-state index in [4.69, 9.17) is 0 Å². The lowest BCUT2D eigenvalue weighted by Crippen LogP contribution is -2.54. The number of aromatic nitrogens is 1. The van der Waals surface area contributed by atoms with Crippen molar-refractivity contribution < 1.29 is 9.90 Å². The van der Waals surface area contributed by atoms with Crippen LogP contribution in [0.2, 0.25) is 0 Å². The number of aryl methyl sites for hydroxylation is 1. The van der Waals surface area contributed by atoms with Crippen molar-refractivity contribution >= 4 is 16.8 Å². The van der Waals surface area contributed by atoms with E-state index in [0.717, 1.165) is 35.7 Å². The fraction of sp³-hybridized carbons (Fsp3) is 0.526. The second-order valence-electron chi connectivity index (χ2n) is 7.22. The summed E-state index contributed by atoms with van der Waals surface area (Å²) in [6.07, 6.45) is 6.88. The maximum absolute atomic E-state index is 13.0. The zero-order valence-corrected chi connectivity index (χ0v) is 13.7. The molecule has 1 saturated heterocycles. The molecule has 2 fully saturated rings. The van der Waals surface area contributed by atoms with E-state index in [0.29, 0.717) is 19.5 Å². The van der Waals surface area contributed by atoms with Crippen LogP contribution in [0.15, 0.2) is 30.5 Å². The lowest BCUT2D eigenvalue weighted by atomic mass is 9.71. The van der Waals surface area contributed by atoms with Gasteiger partial charge in [0.1, 0.15) is 0 Å². The van der Waals surface area contributed by atoms with Crippen molar-refractivity contribution in [2.75, 3.05) is 13.1 Å². The molecule has 0 bridgehead atoms. The van der Waals surface area contributed by atoms with Crippen molar-refractivity contribution in [1.29, 1.82) is 0 Å². The molecule has 23 heavy (non-hydrogen) atoms. The molecule has 1 aromatic heterocycles. The average molecular weight is 312 g/mol. The minimum atomic E-state index is -0.534. The second-order valence-corrected chi connectivity index (χ2v) is 7.22.